The fourth-order valence-corrected chi connectivity index (χ4v) is 3.87. The van der Waals surface area contributed by atoms with E-state index in [1.165, 1.54) is 32.1 Å². The van der Waals surface area contributed by atoms with Gasteiger partial charge < -0.3 is 9.67 Å². The van der Waals surface area contributed by atoms with Crippen molar-refractivity contribution in [3.8, 4) is 11.4 Å². The first-order chi connectivity index (χ1) is 11.6. The Kier molecular flexibility index (Phi) is 5.24. The number of imidazole rings is 1. The van der Waals surface area contributed by atoms with Crippen LogP contribution >= 0.6 is 11.6 Å². The zero-order chi connectivity index (χ0) is 17.1. The van der Waals surface area contributed by atoms with Crippen molar-refractivity contribution < 1.29 is 9.90 Å². The normalized spacial score (nSPS) is 15.6. The molecule has 5 heteroatoms. The Morgan fingerprint density at radius 3 is 2.67 bits per heavy atom. The molecule has 0 unspecified atom stereocenters. The summed E-state index contributed by atoms with van der Waals surface area (Å²) in [7, 11) is 0. The standard InChI is InChI=1S/C19H23ClN2O2/c1-13-17(19(23)24)21-18(15-9-5-6-10-16(15)20)22(13)12-11-14-7-3-2-4-8-14/h5-6,9-10,14H,2-4,7-8,11-12H2,1H3,(H,23,24). The summed E-state index contributed by atoms with van der Waals surface area (Å²) >= 11 is 6.32. The van der Waals surface area contributed by atoms with E-state index in [9.17, 15) is 9.90 Å². The number of carboxylic acid groups (broad SMARTS) is 1. The van der Waals surface area contributed by atoms with Gasteiger partial charge in [-0.3, -0.25) is 0 Å². The van der Waals surface area contributed by atoms with Crippen LogP contribution in [0, 0.1) is 12.8 Å². The second-order valence-corrected chi connectivity index (χ2v) is 7.01. The van der Waals surface area contributed by atoms with E-state index in [0.29, 0.717) is 16.5 Å². The molecule has 0 spiro atoms. The summed E-state index contributed by atoms with van der Waals surface area (Å²) in [5.74, 6) is 0.399. The van der Waals surface area contributed by atoms with E-state index in [-0.39, 0.29) is 5.69 Å². The lowest BCUT2D eigenvalue weighted by molar-refractivity contribution is 0.0690. The smallest absolute Gasteiger partial charge is 0.356 e. The summed E-state index contributed by atoms with van der Waals surface area (Å²) in [6.07, 6.45) is 7.58. The quantitative estimate of drug-likeness (QED) is 0.811. The van der Waals surface area contributed by atoms with Crippen molar-refractivity contribution in [2.24, 2.45) is 5.92 Å². The van der Waals surface area contributed by atoms with Crippen LogP contribution in [0.1, 0.15) is 54.7 Å². The lowest BCUT2D eigenvalue weighted by Gasteiger charge is -2.22. The highest BCUT2D eigenvalue weighted by Gasteiger charge is 2.22. The van der Waals surface area contributed by atoms with Gasteiger partial charge in [-0.2, -0.15) is 0 Å². The summed E-state index contributed by atoms with van der Waals surface area (Å²) < 4.78 is 2.03. The average Bonchev–Trinajstić information content (AvgIpc) is 2.91. The highest BCUT2D eigenvalue weighted by Crippen LogP contribution is 2.31. The van der Waals surface area contributed by atoms with Crippen LogP contribution in [0.3, 0.4) is 0 Å². The molecule has 1 saturated carbocycles. The van der Waals surface area contributed by atoms with Crippen molar-refractivity contribution in [3.05, 3.63) is 40.7 Å². The van der Waals surface area contributed by atoms with Gasteiger partial charge in [-0.15, -0.1) is 0 Å². The topological polar surface area (TPSA) is 55.1 Å². The zero-order valence-corrected chi connectivity index (χ0v) is 14.7. The summed E-state index contributed by atoms with van der Waals surface area (Å²) in [6.45, 7) is 2.62. The summed E-state index contributed by atoms with van der Waals surface area (Å²) in [5.41, 5.74) is 1.61. The van der Waals surface area contributed by atoms with Crippen molar-refractivity contribution in [1.29, 1.82) is 0 Å². The minimum absolute atomic E-state index is 0.119. The van der Waals surface area contributed by atoms with Crippen LogP contribution in [-0.2, 0) is 6.54 Å². The second kappa shape index (κ2) is 7.39. The number of nitrogens with zero attached hydrogens (tertiary/aromatic N) is 2. The fourth-order valence-electron chi connectivity index (χ4n) is 3.65. The highest BCUT2D eigenvalue weighted by molar-refractivity contribution is 6.33. The molecular formula is C19H23ClN2O2. The number of benzene rings is 1. The molecule has 1 aromatic carbocycles. The van der Waals surface area contributed by atoms with Crippen molar-refractivity contribution in [2.75, 3.05) is 0 Å². The largest absolute Gasteiger partial charge is 0.476 e. The van der Waals surface area contributed by atoms with E-state index in [0.717, 1.165) is 24.4 Å². The van der Waals surface area contributed by atoms with E-state index in [2.05, 4.69) is 4.98 Å². The Morgan fingerprint density at radius 2 is 2.00 bits per heavy atom. The Balaban J connectivity index is 1.93. The van der Waals surface area contributed by atoms with Gasteiger partial charge in [0.15, 0.2) is 5.69 Å². The van der Waals surface area contributed by atoms with E-state index in [1.54, 1.807) is 0 Å². The Morgan fingerprint density at radius 1 is 1.29 bits per heavy atom. The molecule has 1 aromatic heterocycles. The van der Waals surface area contributed by atoms with Gasteiger partial charge in [0.05, 0.1) is 5.02 Å². The van der Waals surface area contributed by atoms with Crippen molar-refractivity contribution in [3.63, 3.8) is 0 Å². The minimum atomic E-state index is -0.989. The lowest BCUT2D eigenvalue weighted by Crippen LogP contribution is -2.12. The molecule has 1 N–H and O–H groups in total. The molecule has 0 atom stereocenters. The molecule has 1 aliphatic carbocycles. The molecule has 24 heavy (non-hydrogen) atoms. The summed E-state index contributed by atoms with van der Waals surface area (Å²) in [4.78, 5) is 15.9. The van der Waals surface area contributed by atoms with Crippen LogP contribution in [-0.4, -0.2) is 20.6 Å². The number of hydrogen-bond acceptors (Lipinski definition) is 2. The first-order valence-electron chi connectivity index (χ1n) is 8.63. The molecule has 4 nitrogen and oxygen atoms in total. The zero-order valence-electron chi connectivity index (χ0n) is 14.0. The minimum Gasteiger partial charge on any atom is -0.476 e. The summed E-state index contributed by atoms with van der Waals surface area (Å²) in [5, 5.41) is 10.0. The van der Waals surface area contributed by atoms with Crippen LogP contribution < -0.4 is 0 Å². The van der Waals surface area contributed by atoms with E-state index >= 15 is 0 Å². The van der Waals surface area contributed by atoms with E-state index in [1.807, 2.05) is 35.8 Å². The molecule has 1 heterocycles. The third-order valence-electron chi connectivity index (χ3n) is 5.02. The molecule has 0 radical (unpaired) electrons. The van der Waals surface area contributed by atoms with Gasteiger partial charge in [-0.1, -0.05) is 55.8 Å². The van der Waals surface area contributed by atoms with Gasteiger partial charge in [0, 0.05) is 17.8 Å². The highest BCUT2D eigenvalue weighted by atomic mass is 35.5. The molecule has 0 aliphatic heterocycles. The molecule has 3 rings (SSSR count). The molecule has 1 fully saturated rings. The first kappa shape index (κ1) is 17.0. The Bertz CT molecular complexity index is 733. The molecule has 128 valence electrons. The van der Waals surface area contributed by atoms with Gasteiger partial charge in [0.2, 0.25) is 0 Å². The maximum absolute atomic E-state index is 11.5. The van der Waals surface area contributed by atoms with Crippen LogP contribution in [0.4, 0.5) is 0 Å². The average molecular weight is 347 g/mol. The third-order valence-corrected chi connectivity index (χ3v) is 5.35. The first-order valence-corrected chi connectivity index (χ1v) is 9.01. The maximum atomic E-state index is 11.5. The molecule has 0 bridgehead atoms. The molecule has 0 amide bonds. The van der Waals surface area contributed by atoms with Crippen LogP contribution in [0.2, 0.25) is 5.02 Å². The van der Waals surface area contributed by atoms with Crippen LogP contribution in [0.15, 0.2) is 24.3 Å². The van der Waals surface area contributed by atoms with Gasteiger partial charge in [-0.05, 0) is 31.4 Å². The lowest BCUT2D eigenvalue weighted by atomic mass is 9.87. The number of carboxylic acids is 1. The maximum Gasteiger partial charge on any atom is 0.356 e. The number of hydrogen-bond donors (Lipinski definition) is 1. The fraction of sp³-hybridized carbons (Fsp3) is 0.474. The van der Waals surface area contributed by atoms with Gasteiger partial charge in [0.1, 0.15) is 5.82 Å². The van der Waals surface area contributed by atoms with Crippen LogP contribution in [0.25, 0.3) is 11.4 Å². The third kappa shape index (κ3) is 3.48. The van der Waals surface area contributed by atoms with E-state index in [4.69, 9.17) is 11.6 Å². The monoisotopic (exact) mass is 346 g/mol. The van der Waals surface area contributed by atoms with Gasteiger partial charge in [-0.25, -0.2) is 9.78 Å². The molecule has 0 saturated heterocycles. The Labute approximate surface area is 147 Å². The van der Waals surface area contributed by atoms with Gasteiger partial charge >= 0.3 is 5.97 Å². The number of aromatic nitrogens is 2. The SMILES string of the molecule is Cc1c(C(=O)O)nc(-c2ccccc2Cl)n1CCC1CCCCC1. The van der Waals surface area contributed by atoms with Crippen molar-refractivity contribution in [2.45, 2.75) is 52.0 Å². The second-order valence-electron chi connectivity index (χ2n) is 6.60. The Hall–Kier alpha value is -1.81. The molecule has 2 aromatic rings. The number of rotatable bonds is 5. The van der Waals surface area contributed by atoms with Crippen molar-refractivity contribution >= 4 is 17.6 Å². The van der Waals surface area contributed by atoms with E-state index < -0.39 is 5.97 Å². The predicted molar refractivity (Wildman–Crippen MR) is 95.6 cm³/mol. The van der Waals surface area contributed by atoms with Crippen molar-refractivity contribution in [1.82, 2.24) is 9.55 Å². The number of carbonyl (C=O) groups is 1. The van der Waals surface area contributed by atoms with Gasteiger partial charge in [0.25, 0.3) is 0 Å². The molecule has 1 aliphatic rings. The number of aromatic carboxylic acids is 1. The number of halogens is 1. The van der Waals surface area contributed by atoms with Crippen LogP contribution in [0.5, 0.6) is 0 Å². The predicted octanol–water partition coefficient (Wildman–Crippen LogP) is 5.18. The summed E-state index contributed by atoms with van der Waals surface area (Å²) in [6, 6.07) is 7.48. The molecular weight excluding hydrogens is 324 g/mol.